The maximum absolute atomic E-state index is 13.9. The van der Waals surface area contributed by atoms with Gasteiger partial charge in [-0.3, -0.25) is 9.97 Å². The molecule has 2 aliphatic rings. The molecule has 4 heterocycles. The first-order chi connectivity index (χ1) is 20.3. The Labute approximate surface area is 250 Å². The molecule has 0 saturated carbocycles. The molecule has 0 spiro atoms. The number of piperidine rings is 1. The molecule has 2 aromatic heterocycles. The number of aryl methyl sites for hydroxylation is 3. The van der Waals surface area contributed by atoms with Crippen LogP contribution in [0.1, 0.15) is 46.9 Å². The highest BCUT2D eigenvalue weighted by molar-refractivity contribution is 8.00. The Morgan fingerprint density at radius 1 is 1.02 bits per heavy atom. The van der Waals surface area contributed by atoms with Crippen LogP contribution >= 0.6 is 11.8 Å². The number of benzene rings is 1. The first-order valence-electron chi connectivity index (χ1n) is 13.9. The molecule has 2 aliphatic heterocycles. The van der Waals surface area contributed by atoms with Crippen molar-refractivity contribution in [2.45, 2.75) is 74.3 Å². The van der Waals surface area contributed by atoms with Gasteiger partial charge in [0.2, 0.25) is 0 Å². The van der Waals surface area contributed by atoms with Crippen molar-refractivity contribution < 1.29 is 38.3 Å². The lowest BCUT2D eigenvalue weighted by molar-refractivity contribution is -0.179. The van der Waals surface area contributed by atoms with E-state index in [0.717, 1.165) is 34.3 Å². The Balaban J connectivity index is 1.50. The normalized spacial score (nSPS) is 26.9. The first-order valence-corrected chi connectivity index (χ1v) is 14.8. The number of rotatable bonds is 7. The summed E-state index contributed by atoms with van der Waals surface area (Å²) in [5, 5.41) is 51.9. The van der Waals surface area contributed by atoms with Crippen LogP contribution in [0.25, 0.3) is 11.3 Å². The van der Waals surface area contributed by atoms with Gasteiger partial charge in [0.05, 0.1) is 46.4 Å². The molecule has 0 aliphatic carbocycles. The SMILES string of the molecule is Cc1nc(C)c([C@@H](S[C@@H]2O[C@H](CO)[C@H](O)[C@H](n3cc(-c4cc(F)c(F)c(F)c4)nn3)[C@H]2O)C2(O)CCN(C)CC2)nc1C. The topological polar surface area (TPSA) is 150 Å². The predicted molar refractivity (Wildman–Crippen MR) is 150 cm³/mol. The standard InChI is InChI=1S/C28H35F3N6O5S/c1-13-14(2)33-22(15(3)32-13)26(28(41)5-7-36(4)8-6-28)43-27-25(40)23(24(39)20(12-38)42-27)37-11-19(34-35-37)16-9-17(29)21(31)18(30)10-16/h9-11,20,23-27,38-41H,5-8,12H2,1-4H3/t20-,23+,24+,25-,26-,27+/m1/s1. The van der Waals surface area contributed by atoms with Gasteiger partial charge in [-0.2, -0.15) is 0 Å². The Hall–Kier alpha value is -2.66. The van der Waals surface area contributed by atoms with Gasteiger partial charge < -0.3 is 30.1 Å². The zero-order chi connectivity index (χ0) is 31.2. The van der Waals surface area contributed by atoms with Gasteiger partial charge in [0, 0.05) is 18.7 Å². The molecule has 43 heavy (non-hydrogen) atoms. The van der Waals surface area contributed by atoms with E-state index >= 15 is 0 Å². The summed E-state index contributed by atoms with van der Waals surface area (Å²) in [6.45, 7) is 6.14. The molecule has 3 aromatic rings. The van der Waals surface area contributed by atoms with E-state index < -0.39 is 64.7 Å². The minimum atomic E-state index is -1.62. The highest BCUT2D eigenvalue weighted by atomic mass is 32.2. The van der Waals surface area contributed by atoms with Gasteiger partial charge in [-0.1, -0.05) is 5.21 Å². The van der Waals surface area contributed by atoms with E-state index in [4.69, 9.17) is 9.72 Å². The summed E-state index contributed by atoms with van der Waals surface area (Å²) in [5.41, 5.74) is 0.147. The van der Waals surface area contributed by atoms with Gasteiger partial charge in [-0.05, 0) is 52.8 Å². The number of likely N-dealkylation sites (tertiary alicyclic amines) is 1. The van der Waals surface area contributed by atoms with Gasteiger partial charge in [0.15, 0.2) is 17.5 Å². The molecule has 234 valence electrons. The Bertz CT molecular complexity index is 1450. The lowest BCUT2D eigenvalue weighted by Crippen LogP contribution is -2.56. The lowest BCUT2D eigenvalue weighted by Gasteiger charge is -2.46. The predicted octanol–water partition coefficient (Wildman–Crippen LogP) is 1.99. The fourth-order valence-electron chi connectivity index (χ4n) is 5.58. The van der Waals surface area contributed by atoms with E-state index in [1.165, 1.54) is 6.20 Å². The summed E-state index contributed by atoms with van der Waals surface area (Å²) in [5.74, 6) is -4.44. The zero-order valence-electron chi connectivity index (χ0n) is 24.2. The quantitative estimate of drug-likeness (QED) is 0.286. The number of ether oxygens (including phenoxy) is 1. The third kappa shape index (κ3) is 6.16. The molecule has 11 nitrogen and oxygen atoms in total. The Kier molecular flexibility index (Phi) is 9.14. The van der Waals surface area contributed by atoms with Crippen LogP contribution in [0.3, 0.4) is 0 Å². The molecule has 0 amide bonds. The number of thioether (sulfide) groups is 1. The van der Waals surface area contributed by atoms with E-state index in [-0.39, 0.29) is 11.3 Å². The minimum Gasteiger partial charge on any atom is -0.394 e. The molecular weight excluding hydrogens is 589 g/mol. The molecule has 0 unspecified atom stereocenters. The van der Waals surface area contributed by atoms with Crippen LogP contribution in [-0.4, -0.2) is 106 Å². The lowest BCUT2D eigenvalue weighted by atomic mass is 9.86. The fourth-order valence-corrected chi connectivity index (χ4v) is 7.22. The van der Waals surface area contributed by atoms with Crippen LogP contribution in [0, 0.1) is 38.2 Å². The van der Waals surface area contributed by atoms with E-state index in [1.54, 1.807) is 6.92 Å². The minimum absolute atomic E-state index is 0.0343. The fraction of sp³-hybridized carbons (Fsp3) is 0.571. The third-order valence-corrected chi connectivity index (χ3v) is 9.91. The van der Waals surface area contributed by atoms with E-state index in [1.807, 2.05) is 20.9 Å². The van der Waals surface area contributed by atoms with Crippen molar-refractivity contribution in [3.05, 3.63) is 58.6 Å². The average molecular weight is 625 g/mol. The van der Waals surface area contributed by atoms with Crippen LogP contribution in [-0.2, 0) is 4.74 Å². The summed E-state index contributed by atoms with van der Waals surface area (Å²) >= 11 is 1.12. The van der Waals surface area contributed by atoms with E-state index in [0.29, 0.717) is 43.0 Å². The number of hydrogen-bond acceptors (Lipinski definition) is 11. The number of hydrogen-bond donors (Lipinski definition) is 4. The number of aliphatic hydroxyl groups is 4. The number of aromatic nitrogens is 5. The number of aliphatic hydroxyl groups excluding tert-OH is 3. The van der Waals surface area contributed by atoms with Crippen LogP contribution in [0.5, 0.6) is 0 Å². The van der Waals surface area contributed by atoms with Crippen molar-refractivity contribution in [1.82, 2.24) is 29.9 Å². The second-order valence-corrected chi connectivity index (χ2v) is 12.5. The van der Waals surface area contributed by atoms with Gasteiger partial charge in [0.1, 0.15) is 35.5 Å². The maximum Gasteiger partial charge on any atom is 0.194 e. The molecule has 6 atom stereocenters. The summed E-state index contributed by atoms with van der Waals surface area (Å²) < 4.78 is 48.4. The van der Waals surface area contributed by atoms with Crippen LogP contribution in [0.15, 0.2) is 18.3 Å². The highest BCUT2D eigenvalue weighted by Gasteiger charge is 2.50. The van der Waals surface area contributed by atoms with Crippen LogP contribution < -0.4 is 0 Å². The summed E-state index contributed by atoms with van der Waals surface area (Å²) in [6, 6.07) is 0.316. The van der Waals surface area contributed by atoms with Gasteiger partial charge >= 0.3 is 0 Å². The summed E-state index contributed by atoms with van der Waals surface area (Å²) in [7, 11) is 1.97. The number of halogens is 3. The molecule has 5 rings (SSSR count). The van der Waals surface area contributed by atoms with E-state index in [2.05, 4.69) is 20.2 Å². The van der Waals surface area contributed by atoms with Crippen molar-refractivity contribution in [3.63, 3.8) is 0 Å². The monoisotopic (exact) mass is 624 g/mol. The maximum atomic E-state index is 13.9. The molecule has 1 aromatic carbocycles. The van der Waals surface area contributed by atoms with Gasteiger partial charge in [0.25, 0.3) is 0 Å². The van der Waals surface area contributed by atoms with Gasteiger partial charge in [-0.25, -0.2) is 17.9 Å². The van der Waals surface area contributed by atoms with Crippen molar-refractivity contribution in [3.8, 4) is 11.3 Å². The molecule has 2 saturated heterocycles. The molecule has 15 heteroatoms. The smallest absolute Gasteiger partial charge is 0.194 e. The summed E-state index contributed by atoms with van der Waals surface area (Å²) in [4.78, 5) is 11.5. The third-order valence-electron chi connectivity index (χ3n) is 8.32. The van der Waals surface area contributed by atoms with Crippen molar-refractivity contribution in [2.75, 3.05) is 26.7 Å². The molecule has 0 bridgehead atoms. The Morgan fingerprint density at radius 3 is 2.28 bits per heavy atom. The van der Waals surface area contributed by atoms with E-state index in [9.17, 15) is 33.6 Å². The molecule has 2 fully saturated rings. The summed E-state index contributed by atoms with van der Waals surface area (Å²) in [6.07, 6.45) is -1.96. The second-order valence-electron chi connectivity index (χ2n) is 11.3. The highest BCUT2D eigenvalue weighted by Crippen LogP contribution is 2.49. The van der Waals surface area contributed by atoms with Crippen molar-refractivity contribution >= 4 is 11.8 Å². The molecular formula is C28H35F3N6O5S. The molecule has 0 radical (unpaired) electrons. The van der Waals surface area contributed by atoms with Crippen molar-refractivity contribution in [1.29, 1.82) is 0 Å². The average Bonchev–Trinajstić information content (AvgIpc) is 3.45. The number of nitrogens with zero attached hydrogens (tertiary/aromatic N) is 6. The van der Waals surface area contributed by atoms with Gasteiger partial charge in [-0.15, -0.1) is 16.9 Å². The second kappa shape index (κ2) is 12.4. The van der Waals surface area contributed by atoms with Crippen LogP contribution in [0.2, 0.25) is 0 Å². The van der Waals surface area contributed by atoms with Crippen LogP contribution in [0.4, 0.5) is 13.2 Å². The van der Waals surface area contributed by atoms with Crippen molar-refractivity contribution in [2.24, 2.45) is 0 Å². The Morgan fingerprint density at radius 2 is 1.65 bits per heavy atom. The largest absolute Gasteiger partial charge is 0.394 e. The first kappa shape index (κ1) is 31.8. The zero-order valence-corrected chi connectivity index (χ0v) is 25.0. The molecule has 4 N–H and O–H groups in total.